The van der Waals surface area contributed by atoms with Gasteiger partial charge in [-0.05, 0) is 25.8 Å². The molecule has 1 aromatic rings. The van der Waals surface area contributed by atoms with Gasteiger partial charge in [-0.15, -0.1) is 0 Å². The Morgan fingerprint density at radius 3 is 2.60 bits per heavy atom. The highest BCUT2D eigenvalue weighted by molar-refractivity contribution is 5.78. The van der Waals surface area contributed by atoms with Crippen LogP contribution in [0.15, 0.2) is 18.2 Å². The van der Waals surface area contributed by atoms with Crippen molar-refractivity contribution in [3.05, 3.63) is 29.3 Å². The van der Waals surface area contributed by atoms with Crippen molar-refractivity contribution in [1.82, 2.24) is 10.6 Å². The summed E-state index contributed by atoms with van der Waals surface area (Å²) < 4.78 is 5.37. The molecule has 0 aliphatic carbocycles. The molecule has 1 rings (SSSR count). The average molecular weight is 278 g/mol. The molecule has 4 nitrogen and oxygen atoms in total. The summed E-state index contributed by atoms with van der Waals surface area (Å²) in [5, 5.41) is 6.13. The van der Waals surface area contributed by atoms with Gasteiger partial charge in [-0.25, -0.2) is 0 Å². The summed E-state index contributed by atoms with van der Waals surface area (Å²) in [6.07, 6.45) is 0. The number of methoxy groups -OCH3 is 1. The summed E-state index contributed by atoms with van der Waals surface area (Å²) in [4.78, 5) is 11.7. The first kappa shape index (κ1) is 16.5. The van der Waals surface area contributed by atoms with Gasteiger partial charge < -0.3 is 15.4 Å². The molecule has 112 valence electrons. The maximum absolute atomic E-state index is 11.7. The van der Waals surface area contributed by atoms with Crippen LogP contribution in [-0.4, -0.2) is 26.1 Å². The fourth-order valence-electron chi connectivity index (χ4n) is 1.93. The molecule has 1 unspecified atom stereocenters. The number of benzene rings is 1. The zero-order valence-electron chi connectivity index (χ0n) is 13.1. The Morgan fingerprint density at radius 2 is 2.00 bits per heavy atom. The molecule has 0 fully saturated rings. The normalized spacial score (nSPS) is 12.3. The molecular weight excluding hydrogens is 252 g/mol. The predicted molar refractivity (Wildman–Crippen MR) is 82.0 cm³/mol. The van der Waals surface area contributed by atoms with Crippen molar-refractivity contribution < 1.29 is 9.53 Å². The zero-order chi connectivity index (χ0) is 15.1. The molecule has 4 heteroatoms. The second-order valence-electron chi connectivity index (χ2n) is 5.55. The largest absolute Gasteiger partial charge is 0.496 e. The summed E-state index contributed by atoms with van der Waals surface area (Å²) in [5.41, 5.74) is 2.25. The van der Waals surface area contributed by atoms with E-state index in [1.54, 1.807) is 7.11 Å². The summed E-state index contributed by atoms with van der Waals surface area (Å²) in [7, 11) is 1.66. The van der Waals surface area contributed by atoms with Gasteiger partial charge in [-0.2, -0.15) is 0 Å². The summed E-state index contributed by atoms with van der Waals surface area (Å²) in [6.45, 7) is 9.26. The molecule has 0 bridgehead atoms. The van der Waals surface area contributed by atoms with Crippen LogP contribution in [0.25, 0.3) is 0 Å². The molecule has 1 amide bonds. The van der Waals surface area contributed by atoms with Crippen LogP contribution in [0.2, 0.25) is 0 Å². The molecule has 20 heavy (non-hydrogen) atoms. The van der Waals surface area contributed by atoms with Crippen LogP contribution in [0.1, 0.15) is 37.9 Å². The Labute approximate surface area is 121 Å². The molecule has 0 radical (unpaired) electrons. The minimum absolute atomic E-state index is 0.0252. The van der Waals surface area contributed by atoms with E-state index >= 15 is 0 Å². The molecule has 0 saturated heterocycles. The van der Waals surface area contributed by atoms with E-state index in [0.29, 0.717) is 19.0 Å². The van der Waals surface area contributed by atoms with E-state index < -0.39 is 0 Å². The van der Waals surface area contributed by atoms with Crippen molar-refractivity contribution in [1.29, 1.82) is 0 Å². The molecular formula is C16H26N2O2. The van der Waals surface area contributed by atoms with Crippen molar-refractivity contribution in [3.63, 3.8) is 0 Å². The van der Waals surface area contributed by atoms with Gasteiger partial charge in [0.05, 0.1) is 13.7 Å². The van der Waals surface area contributed by atoms with E-state index in [0.717, 1.165) is 11.3 Å². The fraction of sp³-hybridized carbons (Fsp3) is 0.562. The lowest BCUT2D eigenvalue weighted by Gasteiger charge is -2.18. The van der Waals surface area contributed by atoms with Gasteiger partial charge in [0.25, 0.3) is 0 Å². The Hall–Kier alpha value is -1.55. The van der Waals surface area contributed by atoms with Crippen LogP contribution in [0.3, 0.4) is 0 Å². The molecule has 1 aromatic carbocycles. The molecule has 0 aliphatic rings. The van der Waals surface area contributed by atoms with Crippen molar-refractivity contribution >= 4 is 5.91 Å². The average Bonchev–Trinajstić information content (AvgIpc) is 2.42. The number of amides is 1. The van der Waals surface area contributed by atoms with Crippen molar-refractivity contribution in [3.8, 4) is 5.75 Å². The van der Waals surface area contributed by atoms with Crippen molar-refractivity contribution in [2.24, 2.45) is 5.92 Å². The Bertz CT molecular complexity index is 444. The Kier molecular flexibility index (Phi) is 6.52. The standard InChI is InChI=1S/C16H26N2O2/c1-11(2)9-18-16(19)10-17-13(4)14-8-12(3)6-7-15(14)20-5/h6-8,11,13,17H,9-10H2,1-5H3,(H,18,19). The maximum atomic E-state index is 11.7. The van der Waals surface area contributed by atoms with E-state index in [1.165, 1.54) is 5.56 Å². The highest BCUT2D eigenvalue weighted by atomic mass is 16.5. The van der Waals surface area contributed by atoms with Crippen LogP contribution in [-0.2, 0) is 4.79 Å². The van der Waals surface area contributed by atoms with Crippen molar-refractivity contribution in [2.45, 2.75) is 33.7 Å². The second-order valence-corrected chi connectivity index (χ2v) is 5.55. The summed E-state index contributed by atoms with van der Waals surface area (Å²) in [5.74, 6) is 1.34. The molecule has 2 N–H and O–H groups in total. The van der Waals surface area contributed by atoms with Crippen LogP contribution in [0.4, 0.5) is 0 Å². The summed E-state index contributed by atoms with van der Waals surface area (Å²) in [6, 6.07) is 6.13. The molecule has 0 spiro atoms. The molecule has 0 aliphatic heterocycles. The van der Waals surface area contributed by atoms with Crippen LogP contribution in [0, 0.1) is 12.8 Å². The van der Waals surface area contributed by atoms with Gasteiger partial charge in [0, 0.05) is 18.2 Å². The number of rotatable bonds is 7. The van der Waals surface area contributed by atoms with Gasteiger partial charge in [0.15, 0.2) is 0 Å². The van der Waals surface area contributed by atoms with Crippen LogP contribution < -0.4 is 15.4 Å². The fourth-order valence-corrected chi connectivity index (χ4v) is 1.93. The van der Waals surface area contributed by atoms with Gasteiger partial charge >= 0.3 is 0 Å². The SMILES string of the molecule is COc1ccc(C)cc1C(C)NCC(=O)NCC(C)C. The molecule has 0 saturated carbocycles. The van der Waals surface area contributed by atoms with E-state index in [4.69, 9.17) is 4.74 Å². The minimum Gasteiger partial charge on any atom is -0.496 e. The van der Waals surface area contributed by atoms with E-state index in [1.807, 2.05) is 26.0 Å². The third-order valence-corrected chi connectivity index (χ3v) is 3.13. The topological polar surface area (TPSA) is 50.4 Å². The third kappa shape index (κ3) is 5.21. The number of ether oxygens (including phenoxy) is 1. The lowest BCUT2D eigenvalue weighted by molar-refractivity contribution is -0.120. The smallest absolute Gasteiger partial charge is 0.233 e. The predicted octanol–water partition coefficient (Wildman–Crippen LogP) is 2.43. The van der Waals surface area contributed by atoms with Gasteiger partial charge in [0.2, 0.25) is 5.91 Å². The first-order chi connectivity index (χ1) is 9.43. The highest BCUT2D eigenvalue weighted by Gasteiger charge is 2.12. The summed E-state index contributed by atoms with van der Waals surface area (Å²) >= 11 is 0. The lowest BCUT2D eigenvalue weighted by Crippen LogP contribution is -2.36. The quantitative estimate of drug-likeness (QED) is 0.805. The number of nitrogens with one attached hydrogen (secondary N) is 2. The van der Waals surface area contributed by atoms with Crippen molar-refractivity contribution in [2.75, 3.05) is 20.2 Å². The van der Waals surface area contributed by atoms with E-state index in [-0.39, 0.29) is 11.9 Å². The number of hydrogen-bond acceptors (Lipinski definition) is 3. The lowest BCUT2D eigenvalue weighted by atomic mass is 10.0. The third-order valence-electron chi connectivity index (χ3n) is 3.13. The zero-order valence-corrected chi connectivity index (χ0v) is 13.1. The van der Waals surface area contributed by atoms with Crippen LogP contribution >= 0.6 is 0 Å². The first-order valence-corrected chi connectivity index (χ1v) is 7.08. The minimum atomic E-state index is 0.0252. The van der Waals surface area contributed by atoms with Crippen LogP contribution in [0.5, 0.6) is 5.75 Å². The second kappa shape index (κ2) is 7.90. The molecule has 1 atom stereocenters. The van der Waals surface area contributed by atoms with Gasteiger partial charge in [-0.1, -0.05) is 31.5 Å². The number of aryl methyl sites for hydroxylation is 1. The molecule has 0 aromatic heterocycles. The Balaban J connectivity index is 2.56. The van der Waals surface area contributed by atoms with E-state index in [2.05, 4.69) is 30.5 Å². The number of carbonyl (C=O) groups excluding carboxylic acids is 1. The highest BCUT2D eigenvalue weighted by Crippen LogP contribution is 2.25. The van der Waals surface area contributed by atoms with Gasteiger partial charge in [-0.3, -0.25) is 4.79 Å². The Morgan fingerprint density at radius 1 is 1.30 bits per heavy atom. The maximum Gasteiger partial charge on any atom is 0.233 e. The molecule has 0 heterocycles. The van der Waals surface area contributed by atoms with Gasteiger partial charge in [0.1, 0.15) is 5.75 Å². The monoisotopic (exact) mass is 278 g/mol. The van der Waals surface area contributed by atoms with E-state index in [9.17, 15) is 4.79 Å². The number of hydrogen-bond donors (Lipinski definition) is 2. The number of carbonyl (C=O) groups is 1. The first-order valence-electron chi connectivity index (χ1n) is 7.08.